The largest absolute Gasteiger partial charge is 0.383 e. The normalized spacial score (nSPS) is 15.9. The van der Waals surface area contributed by atoms with Gasteiger partial charge in [0, 0.05) is 24.6 Å². The number of carbonyl (C=O) groups excluding carboxylic acids is 2. The Hall–Kier alpha value is -3.24. The summed E-state index contributed by atoms with van der Waals surface area (Å²) in [5, 5.41) is 7.26. The molecule has 1 unspecified atom stereocenters. The van der Waals surface area contributed by atoms with Crippen molar-refractivity contribution in [1.82, 2.24) is 15.1 Å². The molecule has 1 atom stereocenters. The van der Waals surface area contributed by atoms with E-state index in [0.717, 1.165) is 5.56 Å². The minimum absolute atomic E-state index is 0.0776. The molecule has 1 N–H and O–H groups in total. The van der Waals surface area contributed by atoms with Gasteiger partial charge in [-0.2, -0.15) is 5.10 Å². The van der Waals surface area contributed by atoms with E-state index in [-0.39, 0.29) is 29.9 Å². The molecule has 196 valence electrons. The van der Waals surface area contributed by atoms with Crippen molar-refractivity contribution < 1.29 is 23.1 Å². The van der Waals surface area contributed by atoms with Crippen LogP contribution in [0, 0.1) is 11.6 Å². The molecule has 4 rings (SSSR count). The number of aromatic nitrogens is 2. The molecule has 0 bridgehead atoms. The van der Waals surface area contributed by atoms with Crippen molar-refractivity contribution >= 4 is 29.4 Å². The Labute approximate surface area is 219 Å². The number of nitrogens with zero attached hydrogens (tertiary/aromatic N) is 3. The van der Waals surface area contributed by atoms with Crippen LogP contribution >= 0.6 is 11.8 Å². The van der Waals surface area contributed by atoms with Crippen molar-refractivity contribution in [2.45, 2.75) is 31.4 Å². The van der Waals surface area contributed by atoms with Crippen LogP contribution in [0.25, 0.3) is 5.69 Å². The second-order valence-corrected chi connectivity index (χ2v) is 10.9. The van der Waals surface area contributed by atoms with Gasteiger partial charge in [-0.1, -0.05) is 32.9 Å². The predicted molar refractivity (Wildman–Crippen MR) is 140 cm³/mol. The van der Waals surface area contributed by atoms with Crippen LogP contribution in [0.4, 0.5) is 14.6 Å². The quantitative estimate of drug-likeness (QED) is 0.461. The van der Waals surface area contributed by atoms with Crippen LogP contribution in [0.5, 0.6) is 0 Å². The molecule has 1 aliphatic heterocycles. The molecule has 10 heteroatoms. The van der Waals surface area contributed by atoms with E-state index in [1.165, 1.54) is 48.0 Å². The highest BCUT2D eigenvalue weighted by atomic mass is 32.2. The number of anilines is 1. The number of rotatable bonds is 7. The fourth-order valence-electron chi connectivity index (χ4n) is 4.26. The summed E-state index contributed by atoms with van der Waals surface area (Å²) in [6, 6.07) is 12.1. The van der Waals surface area contributed by atoms with Crippen molar-refractivity contribution in [3.8, 4) is 5.69 Å². The molecule has 37 heavy (non-hydrogen) atoms. The molecule has 0 radical (unpaired) electrons. The van der Waals surface area contributed by atoms with Crippen LogP contribution in [0.1, 0.15) is 42.8 Å². The smallest absolute Gasteiger partial charge is 0.240 e. The minimum atomic E-state index is -0.457. The highest BCUT2D eigenvalue weighted by Crippen LogP contribution is 2.48. The third-order valence-corrected chi connectivity index (χ3v) is 7.21. The number of halogens is 2. The summed E-state index contributed by atoms with van der Waals surface area (Å²) < 4.78 is 34.7. The topological polar surface area (TPSA) is 76.5 Å². The summed E-state index contributed by atoms with van der Waals surface area (Å²) in [4.78, 5) is 27.8. The predicted octanol–water partition coefficient (Wildman–Crippen LogP) is 4.38. The molecule has 0 saturated carbocycles. The maximum atomic E-state index is 14.3. The molecule has 2 amide bonds. The minimum Gasteiger partial charge on any atom is -0.383 e. The first-order chi connectivity index (χ1) is 17.6. The number of carbonyl (C=O) groups is 2. The molecule has 0 spiro atoms. The van der Waals surface area contributed by atoms with Crippen LogP contribution < -0.4 is 10.2 Å². The Kier molecular flexibility index (Phi) is 7.99. The van der Waals surface area contributed by atoms with Crippen molar-refractivity contribution in [2.24, 2.45) is 0 Å². The molecule has 0 fully saturated rings. The van der Waals surface area contributed by atoms with E-state index in [9.17, 15) is 18.4 Å². The molecule has 2 aromatic carbocycles. The third kappa shape index (κ3) is 5.86. The second kappa shape index (κ2) is 11.0. The molecule has 1 aromatic heterocycles. The zero-order valence-corrected chi connectivity index (χ0v) is 22.1. The van der Waals surface area contributed by atoms with Gasteiger partial charge in [0.05, 0.1) is 29.0 Å². The molecule has 7 nitrogen and oxygen atoms in total. The molecule has 3 aromatic rings. The van der Waals surface area contributed by atoms with E-state index in [1.807, 2.05) is 26.8 Å². The molecular weight excluding hydrogens is 498 g/mol. The van der Waals surface area contributed by atoms with Gasteiger partial charge in [0.2, 0.25) is 11.8 Å². The summed E-state index contributed by atoms with van der Waals surface area (Å²) >= 11 is 1.37. The number of fused-ring (bicyclic) bond motifs is 1. The number of amides is 2. The summed E-state index contributed by atoms with van der Waals surface area (Å²) in [6.07, 6.45) is 0. The van der Waals surface area contributed by atoms with Gasteiger partial charge in [-0.05, 0) is 42.0 Å². The standard InChI is InChI=1S/C27H30F2N4O3S/c1-27(2,3)25-23-24(17-6-5-7-19(29)14-17)37-16-22(35)32(15-21(34)30-12-13-36-4)26(23)33(31-25)20-10-8-18(28)9-11-20/h5-11,14,24H,12-13,15-16H2,1-4H3,(H,30,34). The van der Waals surface area contributed by atoms with Crippen molar-refractivity contribution in [3.63, 3.8) is 0 Å². The van der Waals surface area contributed by atoms with E-state index in [0.29, 0.717) is 35.9 Å². The number of thioether (sulfide) groups is 1. The van der Waals surface area contributed by atoms with Gasteiger partial charge in [-0.3, -0.25) is 14.5 Å². The Balaban J connectivity index is 1.95. The highest BCUT2D eigenvalue weighted by Gasteiger charge is 2.40. The van der Waals surface area contributed by atoms with Gasteiger partial charge in [0.1, 0.15) is 24.0 Å². The maximum Gasteiger partial charge on any atom is 0.240 e. The summed E-state index contributed by atoms with van der Waals surface area (Å²) in [6.45, 7) is 6.42. The Morgan fingerprint density at radius 1 is 1.16 bits per heavy atom. The molecule has 2 heterocycles. The second-order valence-electron chi connectivity index (χ2n) is 9.79. The van der Waals surface area contributed by atoms with Crippen molar-refractivity contribution in [1.29, 1.82) is 0 Å². The van der Waals surface area contributed by atoms with Gasteiger partial charge >= 0.3 is 0 Å². The van der Waals surface area contributed by atoms with Crippen molar-refractivity contribution in [2.75, 3.05) is 37.5 Å². The van der Waals surface area contributed by atoms with Gasteiger partial charge in [-0.15, -0.1) is 11.8 Å². The van der Waals surface area contributed by atoms with Crippen LogP contribution in [0.2, 0.25) is 0 Å². The fourth-order valence-corrected chi connectivity index (χ4v) is 5.45. The average Bonchev–Trinajstić information content (AvgIpc) is 3.18. The van der Waals surface area contributed by atoms with Crippen LogP contribution in [-0.2, 0) is 19.7 Å². The Morgan fingerprint density at radius 3 is 2.54 bits per heavy atom. The lowest BCUT2D eigenvalue weighted by molar-refractivity contribution is -0.123. The van der Waals surface area contributed by atoms with Crippen molar-refractivity contribution in [3.05, 3.63) is 77.0 Å². The third-order valence-electron chi connectivity index (χ3n) is 5.95. The van der Waals surface area contributed by atoms with Gasteiger partial charge in [0.25, 0.3) is 0 Å². The lowest BCUT2D eigenvalue weighted by Crippen LogP contribution is -2.43. The highest BCUT2D eigenvalue weighted by molar-refractivity contribution is 8.00. The number of hydrogen-bond donors (Lipinski definition) is 1. The SMILES string of the molecule is COCCNC(=O)CN1C(=O)CSC(c2cccc(F)c2)c2c(C(C)(C)C)nn(-c3ccc(F)cc3)c21. The van der Waals surface area contributed by atoms with Crippen LogP contribution in [0.3, 0.4) is 0 Å². The summed E-state index contributed by atoms with van der Waals surface area (Å²) in [7, 11) is 1.54. The molecule has 1 aliphatic rings. The first-order valence-corrected chi connectivity index (χ1v) is 13.0. The summed E-state index contributed by atoms with van der Waals surface area (Å²) in [5.74, 6) is -0.925. The lowest BCUT2D eigenvalue weighted by atomic mass is 9.87. The van der Waals surface area contributed by atoms with E-state index in [2.05, 4.69) is 5.32 Å². The number of ether oxygens (including phenoxy) is 1. The Morgan fingerprint density at radius 2 is 1.89 bits per heavy atom. The number of methoxy groups -OCH3 is 1. The summed E-state index contributed by atoms with van der Waals surface area (Å²) in [5.41, 5.74) is 2.20. The molecular formula is C27H30F2N4O3S. The number of benzene rings is 2. The lowest BCUT2D eigenvalue weighted by Gasteiger charge is -2.24. The number of nitrogens with one attached hydrogen (secondary N) is 1. The molecule has 0 aliphatic carbocycles. The zero-order valence-electron chi connectivity index (χ0n) is 21.3. The first-order valence-electron chi connectivity index (χ1n) is 11.9. The van der Waals surface area contributed by atoms with Gasteiger partial charge < -0.3 is 10.1 Å². The Bertz CT molecular complexity index is 1290. The zero-order chi connectivity index (χ0) is 26.7. The monoisotopic (exact) mass is 528 g/mol. The van der Waals surface area contributed by atoms with E-state index in [4.69, 9.17) is 9.84 Å². The number of hydrogen-bond acceptors (Lipinski definition) is 5. The average molecular weight is 529 g/mol. The van der Waals surface area contributed by atoms with E-state index < -0.39 is 16.5 Å². The van der Waals surface area contributed by atoms with Gasteiger partial charge in [0.15, 0.2) is 0 Å². The fraction of sp³-hybridized carbons (Fsp3) is 0.370. The van der Waals surface area contributed by atoms with Crippen LogP contribution in [0.15, 0.2) is 48.5 Å². The van der Waals surface area contributed by atoms with E-state index in [1.54, 1.807) is 22.9 Å². The first kappa shape index (κ1) is 26.8. The van der Waals surface area contributed by atoms with Gasteiger partial charge in [-0.25, -0.2) is 13.5 Å². The molecule has 0 saturated heterocycles. The van der Waals surface area contributed by atoms with Crippen LogP contribution in [-0.4, -0.2) is 54.2 Å². The maximum absolute atomic E-state index is 14.3. The van der Waals surface area contributed by atoms with E-state index >= 15 is 0 Å².